The van der Waals surface area contributed by atoms with Crippen LogP contribution in [-0.2, 0) is 9.53 Å². The first kappa shape index (κ1) is 14.3. The maximum Gasteiger partial charge on any atom is 0.324 e. The van der Waals surface area contributed by atoms with Gasteiger partial charge in [0.25, 0.3) is 0 Å². The molecule has 0 aromatic rings. The number of alkyl halides is 1. The Balaban J connectivity index is 2.37. The standard InChI is InChI=1S/C11H19ClN2O3/c1-2-6-17-9-4-3-5-14(8-9)11(16)13-10(15)7-12/h9H,2-8H2,1H3,(H,13,15,16). The molecule has 0 radical (unpaired) electrons. The van der Waals surface area contributed by atoms with Crippen LogP contribution in [0.5, 0.6) is 0 Å². The summed E-state index contributed by atoms with van der Waals surface area (Å²) in [5, 5.41) is 2.24. The molecule has 0 bridgehead atoms. The van der Waals surface area contributed by atoms with Crippen molar-refractivity contribution in [3.05, 3.63) is 0 Å². The Morgan fingerprint density at radius 2 is 2.29 bits per heavy atom. The van der Waals surface area contributed by atoms with E-state index in [4.69, 9.17) is 16.3 Å². The summed E-state index contributed by atoms with van der Waals surface area (Å²) in [4.78, 5) is 24.3. The molecule has 1 N–H and O–H groups in total. The van der Waals surface area contributed by atoms with Gasteiger partial charge in [0.1, 0.15) is 5.88 Å². The average Bonchev–Trinajstić information content (AvgIpc) is 2.36. The van der Waals surface area contributed by atoms with Crippen molar-refractivity contribution in [3.8, 4) is 0 Å². The van der Waals surface area contributed by atoms with Crippen molar-refractivity contribution >= 4 is 23.5 Å². The number of carbonyl (C=O) groups excluding carboxylic acids is 2. The highest BCUT2D eigenvalue weighted by atomic mass is 35.5. The maximum absolute atomic E-state index is 11.7. The van der Waals surface area contributed by atoms with Crippen molar-refractivity contribution < 1.29 is 14.3 Å². The van der Waals surface area contributed by atoms with Crippen LogP contribution in [0.1, 0.15) is 26.2 Å². The number of piperidine rings is 1. The van der Waals surface area contributed by atoms with Gasteiger partial charge in [0.05, 0.1) is 6.10 Å². The number of nitrogens with one attached hydrogen (secondary N) is 1. The van der Waals surface area contributed by atoms with Gasteiger partial charge in [0, 0.05) is 19.7 Å². The predicted octanol–water partition coefficient (Wildman–Crippen LogP) is 1.35. The Bertz CT molecular complexity index is 273. The summed E-state index contributed by atoms with van der Waals surface area (Å²) in [6.45, 7) is 3.96. The highest BCUT2D eigenvalue weighted by Gasteiger charge is 2.24. The molecule has 0 aliphatic carbocycles. The molecule has 1 rings (SSSR count). The van der Waals surface area contributed by atoms with E-state index in [0.717, 1.165) is 19.3 Å². The minimum Gasteiger partial charge on any atom is -0.376 e. The molecule has 0 aromatic heterocycles. The zero-order valence-corrected chi connectivity index (χ0v) is 10.8. The molecule has 1 heterocycles. The molecule has 5 nitrogen and oxygen atoms in total. The van der Waals surface area contributed by atoms with Crippen LogP contribution >= 0.6 is 11.6 Å². The van der Waals surface area contributed by atoms with E-state index in [9.17, 15) is 9.59 Å². The summed E-state index contributed by atoms with van der Waals surface area (Å²) in [5.74, 6) is -0.664. The van der Waals surface area contributed by atoms with Crippen LogP contribution in [0.3, 0.4) is 0 Å². The van der Waals surface area contributed by atoms with Crippen LogP contribution in [-0.4, -0.2) is 48.5 Å². The summed E-state index contributed by atoms with van der Waals surface area (Å²) in [7, 11) is 0. The largest absolute Gasteiger partial charge is 0.376 e. The first-order chi connectivity index (χ1) is 8.17. The van der Waals surface area contributed by atoms with Gasteiger partial charge in [-0.1, -0.05) is 6.92 Å². The second kappa shape index (κ2) is 7.50. The number of likely N-dealkylation sites (tertiary alicyclic amines) is 1. The Kier molecular flexibility index (Phi) is 6.29. The van der Waals surface area contributed by atoms with Gasteiger partial charge in [0.2, 0.25) is 5.91 Å². The zero-order valence-electron chi connectivity index (χ0n) is 10.1. The SMILES string of the molecule is CCCOC1CCCN(C(=O)NC(=O)CCl)C1. The smallest absolute Gasteiger partial charge is 0.324 e. The van der Waals surface area contributed by atoms with Crippen molar-refractivity contribution in [2.45, 2.75) is 32.3 Å². The van der Waals surface area contributed by atoms with E-state index in [1.165, 1.54) is 0 Å². The van der Waals surface area contributed by atoms with Gasteiger partial charge in [-0.25, -0.2) is 4.79 Å². The molecule has 1 fully saturated rings. The van der Waals surface area contributed by atoms with Gasteiger partial charge in [-0.15, -0.1) is 11.6 Å². The molecular weight excluding hydrogens is 244 g/mol. The Hall–Kier alpha value is -0.810. The summed E-state index contributed by atoms with van der Waals surface area (Å²) in [6.07, 6.45) is 2.91. The fraction of sp³-hybridized carbons (Fsp3) is 0.818. The lowest BCUT2D eigenvalue weighted by atomic mass is 10.1. The van der Waals surface area contributed by atoms with Crippen molar-refractivity contribution in [1.82, 2.24) is 10.2 Å². The number of halogens is 1. The second-order valence-electron chi connectivity index (χ2n) is 4.07. The first-order valence-electron chi connectivity index (χ1n) is 5.93. The van der Waals surface area contributed by atoms with Gasteiger partial charge in [0.15, 0.2) is 0 Å². The molecule has 3 amide bonds. The number of amides is 3. The number of hydrogen-bond donors (Lipinski definition) is 1. The molecule has 6 heteroatoms. The van der Waals surface area contributed by atoms with Gasteiger partial charge >= 0.3 is 6.03 Å². The molecular formula is C11H19ClN2O3. The summed E-state index contributed by atoms with van der Waals surface area (Å²) in [5.41, 5.74) is 0. The molecule has 0 aromatic carbocycles. The molecule has 1 atom stereocenters. The van der Waals surface area contributed by atoms with E-state index in [-0.39, 0.29) is 18.0 Å². The molecule has 0 spiro atoms. The van der Waals surface area contributed by atoms with Crippen LogP contribution in [0.4, 0.5) is 4.79 Å². The topological polar surface area (TPSA) is 58.6 Å². The molecule has 1 unspecified atom stereocenters. The van der Waals surface area contributed by atoms with Crippen LogP contribution in [0.2, 0.25) is 0 Å². The fourth-order valence-electron chi connectivity index (χ4n) is 1.77. The monoisotopic (exact) mass is 262 g/mol. The lowest BCUT2D eigenvalue weighted by molar-refractivity contribution is -0.117. The lowest BCUT2D eigenvalue weighted by Gasteiger charge is -2.32. The number of nitrogens with zero attached hydrogens (tertiary/aromatic N) is 1. The van der Waals surface area contributed by atoms with Gasteiger partial charge in [-0.3, -0.25) is 10.1 Å². The Morgan fingerprint density at radius 3 is 2.94 bits per heavy atom. The first-order valence-corrected chi connectivity index (χ1v) is 6.47. The maximum atomic E-state index is 11.7. The third-order valence-corrected chi connectivity index (χ3v) is 2.83. The number of rotatable bonds is 4. The van der Waals surface area contributed by atoms with Crippen LogP contribution in [0.25, 0.3) is 0 Å². The molecule has 98 valence electrons. The van der Waals surface area contributed by atoms with E-state index in [1.807, 2.05) is 6.92 Å². The number of ether oxygens (including phenoxy) is 1. The predicted molar refractivity (Wildman–Crippen MR) is 65.1 cm³/mol. The van der Waals surface area contributed by atoms with E-state index in [1.54, 1.807) is 4.90 Å². The highest BCUT2D eigenvalue weighted by Crippen LogP contribution is 2.13. The Labute approximate surface area is 106 Å². The third-order valence-electron chi connectivity index (χ3n) is 2.59. The molecule has 1 saturated heterocycles. The summed E-state index contributed by atoms with van der Waals surface area (Å²) < 4.78 is 5.61. The third kappa shape index (κ3) is 4.91. The van der Waals surface area contributed by atoms with E-state index in [2.05, 4.69) is 5.32 Å². The highest BCUT2D eigenvalue weighted by molar-refractivity contribution is 6.28. The lowest BCUT2D eigenvalue weighted by Crippen LogP contribution is -2.49. The quantitative estimate of drug-likeness (QED) is 0.778. The summed E-state index contributed by atoms with van der Waals surface area (Å²) in [6, 6.07) is -0.375. The van der Waals surface area contributed by atoms with Crippen molar-refractivity contribution in [2.24, 2.45) is 0 Å². The average molecular weight is 263 g/mol. The normalized spacial score (nSPS) is 20.1. The van der Waals surface area contributed by atoms with Crippen LogP contribution in [0, 0.1) is 0 Å². The van der Waals surface area contributed by atoms with Crippen molar-refractivity contribution in [2.75, 3.05) is 25.6 Å². The second-order valence-corrected chi connectivity index (χ2v) is 4.34. The Morgan fingerprint density at radius 1 is 1.53 bits per heavy atom. The van der Waals surface area contributed by atoms with Gasteiger partial charge in [-0.05, 0) is 19.3 Å². The molecule has 1 aliphatic rings. The van der Waals surface area contributed by atoms with Crippen LogP contribution < -0.4 is 5.32 Å². The van der Waals surface area contributed by atoms with Gasteiger partial charge in [-0.2, -0.15) is 0 Å². The summed E-state index contributed by atoms with van der Waals surface area (Å²) >= 11 is 5.32. The number of hydrogen-bond acceptors (Lipinski definition) is 3. The number of imide groups is 1. The van der Waals surface area contributed by atoms with Gasteiger partial charge < -0.3 is 9.64 Å². The number of carbonyl (C=O) groups is 2. The van der Waals surface area contributed by atoms with E-state index in [0.29, 0.717) is 19.7 Å². The minimum atomic E-state index is -0.465. The van der Waals surface area contributed by atoms with Crippen LogP contribution in [0.15, 0.2) is 0 Å². The molecule has 17 heavy (non-hydrogen) atoms. The van der Waals surface area contributed by atoms with E-state index >= 15 is 0 Å². The van der Waals surface area contributed by atoms with Crippen molar-refractivity contribution in [1.29, 1.82) is 0 Å². The van der Waals surface area contributed by atoms with E-state index < -0.39 is 5.91 Å². The fourth-order valence-corrected chi connectivity index (χ4v) is 1.84. The molecule has 0 saturated carbocycles. The molecule has 1 aliphatic heterocycles. The zero-order chi connectivity index (χ0) is 12.7. The number of urea groups is 1. The van der Waals surface area contributed by atoms with Crippen molar-refractivity contribution in [3.63, 3.8) is 0 Å². The minimum absolute atomic E-state index is 0.0838.